The molecule has 1 aliphatic heterocycles. The van der Waals surface area contributed by atoms with E-state index in [1.165, 1.54) is 16.0 Å². The van der Waals surface area contributed by atoms with Gasteiger partial charge in [-0.2, -0.15) is 0 Å². The molecule has 0 aliphatic carbocycles. The Bertz CT molecular complexity index is 726. The van der Waals surface area contributed by atoms with Crippen LogP contribution in [0.5, 0.6) is 5.75 Å². The fourth-order valence-corrected chi connectivity index (χ4v) is 4.61. The number of nitrogens with zero attached hydrogens (tertiary/aromatic N) is 2. The van der Waals surface area contributed by atoms with Gasteiger partial charge in [0.05, 0.1) is 19.2 Å². The van der Waals surface area contributed by atoms with E-state index in [0.29, 0.717) is 13.2 Å². The Labute approximate surface area is 160 Å². The normalized spacial score (nSPS) is 16.6. The Morgan fingerprint density at radius 1 is 1.27 bits per heavy atom. The van der Waals surface area contributed by atoms with E-state index in [1.54, 1.807) is 0 Å². The highest BCUT2D eigenvalue weighted by atomic mass is 32.1. The third kappa shape index (κ3) is 4.27. The van der Waals surface area contributed by atoms with Crippen LogP contribution in [-0.4, -0.2) is 42.5 Å². The maximum Gasteiger partial charge on any atom is 0.237 e. The molecule has 0 bridgehead atoms. The van der Waals surface area contributed by atoms with Gasteiger partial charge in [-0.25, -0.2) is 0 Å². The lowest BCUT2D eigenvalue weighted by atomic mass is 9.97. The van der Waals surface area contributed by atoms with Crippen LogP contribution in [0.2, 0.25) is 0 Å². The number of fused-ring (bicyclic) bond motifs is 1. The van der Waals surface area contributed by atoms with Crippen molar-refractivity contribution in [2.75, 3.05) is 26.7 Å². The fraction of sp³-hybridized carbons (Fsp3) is 0.476. The van der Waals surface area contributed by atoms with Gasteiger partial charge >= 0.3 is 0 Å². The van der Waals surface area contributed by atoms with Gasteiger partial charge in [0.15, 0.2) is 0 Å². The summed E-state index contributed by atoms with van der Waals surface area (Å²) >= 11 is 1.82. The maximum atomic E-state index is 12.9. The molecule has 0 radical (unpaired) electrons. The van der Waals surface area contributed by atoms with E-state index < -0.39 is 0 Å². The first-order chi connectivity index (χ1) is 12.6. The number of likely N-dealkylation sites (N-methyl/N-ethyl adjacent to an activating group) is 1. The second kappa shape index (κ2) is 8.69. The maximum absolute atomic E-state index is 12.9. The third-order valence-corrected chi connectivity index (χ3v) is 5.89. The zero-order valence-electron chi connectivity index (χ0n) is 15.9. The van der Waals surface area contributed by atoms with E-state index in [0.717, 1.165) is 31.7 Å². The summed E-state index contributed by atoms with van der Waals surface area (Å²) in [5, 5.41) is 2.15. The van der Waals surface area contributed by atoms with Crippen molar-refractivity contribution in [1.29, 1.82) is 0 Å². The van der Waals surface area contributed by atoms with Crippen molar-refractivity contribution < 1.29 is 9.53 Å². The molecule has 0 fully saturated rings. The van der Waals surface area contributed by atoms with Gasteiger partial charge in [-0.3, -0.25) is 9.69 Å². The summed E-state index contributed by atoms with van der Waals surface area (Å²) in [4.78, 5) is 18.5. The summed E-state index contributed by atoms with van der Waals surface area (Å²) < 4.78 is 5.48. The molecule has 5 heteroatoms. The van der Waals surface area contributed by atoms with E-state index in [4.69, 9.17) is 4.74 Å². The molecule has 26 heavy (non-hydrogen) atoms. The van der Waals surface area contributed by atoms with Crippen LogP contribution in [0.15, 0.2) is 35.7 Å². The van der Waals surface area contributed by atoms with Crippen LogP contribution in [0.25, 0.3) is 0 Å². The number of ether oxygens (including phenoxy) is 1. The molecule has 1 aromatic carbocycles. The largest absolute Gasteiger partial charge is 0.494 e. The highest BCUT2D eigenvalue weighted by Crippen LogP contribution is 2.35. The first-order valence-electron chi connectivity index (χ1n) is 9.38. The Kier molecular flexibility index (Phi) is 6.33. The molecule has 1 unspecified atom stereocenters. The summed E-state index contributed by atoms with van der Waals surface area (Å²) in [6.07, 6.45) is 1.95. The van der Waals surface area contributed by atoms with Crippen molar-refractivity contribution in [3.8, 4) is 5.75 Å². The van der Waals surface area contributed by atoms with E-state index in [9.17, 15) is 4.79 Å². The Morgan fingerprint density at radius 2 is 2.04 bits per heavy atom. The van der Waals surface area contributed by atoms with Gasteiger partial charge in [-0.15, -0.1) is 11.3 Å². The number of hydrogen-bond acceptors (Lipinski definition) is 4. The molecule has 2 heterocycles. The molecule has 2 aromatic rings. The van der Waals surface area contributed by atoms with Crippen LogP contribution in [0.1, 0.15) is 42.3 Å². The number of carbonyl (C=O) groups is 1. The van der Waals surface area contributed by atoms with Crippen LogP contribution in [-0.2, 0) is 17.8 Å². The van der Waals surface area contributed by atoms with Crippen molar-refractivity contribution in [2.24, 2.45) is 0 Å². The summed E-state index contributed by atoms with van der Waals surface area (Å²) in [6, 6.07) is 10.5. The minimum Gasteiger partial charge on any atom is -0.494 e. The molecular formula is C21H28N2O2S. The number of benzene rings is 1. The highest BCUT2D eigenvalue weighted by Gasteiger charge is 2.30. The van der Waals surface area contributed by atoms with Crippen molar-refractivity contribution >= 4 is 17.2 Å². The fourth-order valence-electron chi connectivity index (χ4n) is 3.68. The summed E-state index contributed by atoms with van der Waals surface area (Å²) in [7, 11) is 2.01. The molecule has 4 nitrogen and oxygen atoms in total. The number of hydrogen-bond donors (Lipinski definition) is 0. The van der Waals surface area contributed by atoms with Crippen molar-refractivity contribution in [1.82, 2.24) is 9.80 Å². The zero-order chi connectivity index (χ0) is 18.5. The lowest BCUT2D eigenvalue weighted by molar-refractivity contribution is -0.135. The number of rotatable bonds is 7. The molecule has 0 spiro atoms. The topological polar surface area (TPSA) is 32.8 Å². The quantitative estimate of drug-likeness (QED) is 0.733. The predicted octanol–water partition coefficient (Wildman–Crippen LogP) is 4.11. The number of thiophene rings is 1. The van der Waals surface area contributed by atoms with E-state index in [2.05, 4.69) is 40.3 Å². The monoisotopic (exact) mass is 372 g/mol. The molecule has 0 N–H and O–H groups in total. The second-order valence-electron chi connectivity index (χ2n) is 6.81. The summed E-state index contributed by atoms with van der Waals surface area (Å²) in [5.74, 6) is 1.11. The SMILES string of the molecule is CCOc1ccc(CN(C)CC(=O)N2CCc3sccc3C2CC)cc1. The molecule has 140 valence electrons. The Balaban J connectivity index is 1.58. The lowest BCUT2D eigenvalue weighted by Gasteiger charge is -2.36. The smallest absolute Gasteiger partial charge is 0.237 e. The van der Waals surface area contributed by atoms with Crippen molar-refractivity contribution in [2.45, 2.75) is 39.3 Å². The summed E-state index contributed by atoms with van der Waals surface area (Å²) in [5.41, 5.74) is 2.54. The molecular weight excluding hydrogens is 344 g/mol. The van der Waals surface area contributed by atoms with Crippen LogP contribution >= 0.6 is 11.3 Å². The van der Waals surface area contributed by atoms with Gasteiger partial charge in [0.25, 0.3) is 0 Å². The first-order valence-corrected chi connectivity index (χ1v) is 10.3. The number of carbonyl (C=O) groups excluding carboxylic acids is 1. The van der Waals surface area contributed by atoms with E-state index in [1.807, 2.05) is 37.4 Å². The summed E-state index contributed by atoms with van der Waals surface area (Å²) in [6.45, 7) is 6.86. The Morgan fingerprint density at radius 3 is 2.73 bits per heavy atom. The van der Waals surface area contributed by atoms with Gasteiger partial charge in [0.1, 0.15) is 5.75 Å². The van der Waals surface area contributed by atoms with Gasteiger partial charge in [0, 0.05) is 18.0 Å². The molecule has 1 aliphatic rings. The standard InChI is InChI=1S/C21H28N2O2S/c1-4-19-18-11-13-26-20(18)10-12-23(19)21(24)15-22(3)14-16-6-8-17(9-7-16)25-5-2/h6-9,11,13,19H,4-5,10,12,14-15H2,1-3H3. The van der Waals surface area contributed by atoms with Gasteiger partial charge in [-0.1, -0.05) is 19.1 Å². The van der Waals surface area contributed by atoms with Gasteiger partial charge in [-0.05, 0) is 61.5 Å². The van der Waals surface area contributed by atoms with Crippen molar-refractivity contribution in [3.05, 3.63) is 51.7 Å². The van der Waals surface area contributed by atoms with E-state index >= 15 is 0 Å². The number of amides is 1. The van der Waals surface area contributed by atoms with Crippen LogP contribution in [0.3, 0.4) is 0 Å². The highest BCUT2D eigenvalue weighted by molar-refractivity contribution is 7.10. The minimum absolute atomic E-state index is 0.224. The second-order valence-corrected chi connectivity index (χ2v) is 7.81. The van der Waals surface area contributed by atoms with Crippen molar-refractivity contribution in [3.63, 3.8) is 0 Å². The van der Waals surface area contributed by atoms with E-state index in [-0.39, 0.29) is 11.9 Å². The van der Waals surface area contributed by atoms with Gasteiger partial charge < -0.3 is 9.64 Å². The molecule has 0 saturated heterocycles. The minimum atomic E-state index is 0.224. The van der Waals surface area contributed by atoms with Crippen LogP contribution in [0.4, 0.5) is 0 Å². The molecule has 1 aromatic heterocycles. The average Bonchev–Trinajstić information content (AvgIpc) is 3.11. The molecule has 1 atom stereocenters. The molecule has 1 amide bonds. The third-order valence-electron chi connectivity index (χ3n) is 4.89. The average molecular weight is 373 g/mol. The van der Waals surface area contributed by atoms with Crippen LogP contribution < -0.4 is 4.74 Å². The molecule has 3 rings (SSSR count). The predicted molar refractivity (Wildman–Crippen MR) is 107 cm³/mol. The van der Waals surface area contributed by atoms with Crippen LogP contribution in [0, 0.1) is 0 Å². The first kappa shape index (κ1) is 18.9. The van der Waals surface area contributed by atoms with Gasteiger partial charge in [0.2, 0.25) is 5.91 Å². The molecule has 0 saturated carbocycles. The lowest BCUT2D eigenvalue weighted by Crippen LogP contribution is -2.43. The zero-order valence-corrected chi connectivity index (χ0v) is 16.7. The Hall–Kier alpha value is -1.85.